The quantitative estimate of drug-likeness (QED) is 0.872. The third-order valence-corrected chi connectivity index (χ3v) is 3.58. The van der Waals surface area contributed by atoms with Gasteiger partial charge < -0.3 is 0 Å². The number of hydrogen-bond donors (Lipinski definition) is 0. The Balaban J connectivity index is 2.45. The second kappa shape index (κ2) is 5.75. The summed E-state index contributed by atoms with van der Waals surface area (Å²) in [5.41, 5.74) is 0.0292. The molecule has 0 aliphatic rings. The van der Waals surface area contributed by atoms with Crippen molar-refractivity contribution in [3.63, 3.8) is 0 Å². The molecule has 5 nitrogen and oxygen atoms in total. The van der Waals surface area contributed by atoms with Gasteiger partial charge in [0.05, 0.1) is 16.6 Å². The van der Waals surface area contributed by atoms with Crippen LogP contribution < -0.4 is 5.69 Å². The predicted octanol–water partition coefficient (Wildman–Crippen LogP) is 2.78. The topological polar surface area (TPSA) is 52.7 Å². The lowest BCUT2D eigenvalue weighted by Crippen LogP contribution is -2.26. The Labute approximate surface area is 120 Å². The van der Waals surface area contributed by atoms with Crippen molar-refractivity contribution >= 4 is 23.2 Å². The molecule has 1 unspecified atom stereocenters. The Kier molecular flexibility index (Phi) is 4.27. The van der Waals surface area contributed by atoms with Gasteiger partial charge in [0, 0.05) is 0 Å². The molecule has 0 spiro atoms. The maximum Gasteiger partial charge on any atom is 0.368 e. The van der Waals surface area contributed by atoms with E-state index < -0.39 is 0 Å². The van der Waals surface area contributed by atoms with Gasteiger partial charge in [-0.3, -0.25) is 0 Å². The molecule has 2 aromatic rings. The summed E-state index contributed by atoms with van der Waals surface area (Å²) in [6.07, 6.45) is 0.964. The first kappa shape index (κ1) is 14.1. The van der Waals surface area contributed by atoms with Crippen LogP contribution in [0.15, 0.2) is 23.0 Å². The predicted molar refractivity (Wildman–Crippen MR) is 75.1 cm³/mol. The minimum absolute atomic E-state index is 0.338. The van der Waals surface area contributed by atoms with E-state index >= 15 is 0 Å². The molecule has 0 aliphatic carbocycles. The third-order valence-electron chi connectivity index (χ3n) is 2.97. The highest BCUT2D eigenvalue weighted by atomic mass is 35.5. The van der Waals surface area contributed by atoms with E-state index in [9.17, 15) is 4.79 Å². The number of para-hydroxylation sites is 1. The SMILES string of the molecule is CCC(C)Cn1nnn(-c2c(Cl)cccc2Cl)c1=O. The number of benzene rings is 1. The molecule has 1 atom stereocenters. The summed E-state index contributed by atoms with van der Waals surface area (Å²) in [6.45, 7) is 4.64. The van der Waals surface area contributed by atoms with Crippen LogP contribution in [0.2, 0.25) is 10.0 Å². The first-order valence-corrected chi connectivity index (χ1v) is 6.77. The molecule has 19 heavy (non-hydrogen) atoms. The van der Waals surface area contributed by atoms with Gasteiger partial charge in [0.1, 0.15) is 5.69 Å². The van der Waals surface area contributed by atoms with E-state index in [-0.39, 0.29) is 5.69 Å². The molecule has 0 N–H and O–H groups in total. The molecule has 2 rings (SSSR count). The second-order valence-electron chi connectivity index (χ2n) is 4.44. The van der Waals surface area contributed by atoms with E-state index in [0.29, 0.717) is 28.2 Å². The van der Waals surface area contributed by atoms with Crippen LogP contribution in [-0.4, -0.2) is 19.8 Å². The molecule has 1 heterocycles. The average Bonchev–Trinajstić information content (AvgIpc) is 2.71. The summed E-state index contributed by atoms with van der Waals surface area (Å²) >= 11 is 12.1. The van der Waals surface area contributed by atoms with Gasteiger partial charge in [-0.15, -0.1) is 0 Å². The Morgan fingerprint density at radius 3 is 2.47 bits per heavy atom. The zero-order chi connectivity index (χ0) is 14.0. The molecule has 0 radical (unpaired) electrons. The summed E-state index contributed by atoms with van der Waals surface area (Å²) in [6, 6.07) is 5.02. The normalized spacial score (nSPS) is 12.6. The van der Waals surface area contributed by atoms with Crippen LogP contribution >= 0.6 is 23.2 Å². The van der Waals surface area contributed by atoms with Crippen LogP contribution in [0.1, 0.15) is 20.3 Å². The molecule has 7 heteroatoms. The Morgan fingerprint density at radius 1 is 1.26 bits per heavy atom. The van der Waals surface area contributed by atoms with E-state index in [1.807, 2.05) is 6.92 Å². The van der Waals surface area contributed by atoms with Gasteiger partial charge in [0.15, 0.2) is 0 Å². The van der Waals surface area contributed by atoms with Crippen LogP contribution in [0.5, 0.6) is 0 Å². The molecule has 102 valence electrons. The highest BCUT2D eigenvalue weighted by molar-refractivity contribution is 6.37. The largest absolute Gasteiger partial charge is 0.368 e. The van der Waals surface area contributed by atoms with E-state index in [4.69, 9.17) is 23.2 Å². The van der Waals surface area contributed by atoms with E-state index in [0.717, 1.165) is 11.1 Å². The molecule has 0 saturated heterocycles. The number of halogens is 2. The minimum atomic E-state index is -0.338. The molecule has 0 bridgehead atoms. The van der Waals surface area contributed by atoms with Crippen LogP contribution in [0.4, 0.5) is 0 Å². The number of tetrazole rings is 1. The lowest BCUT2D eigenvalue weighted by atomic mass is 10.1. The average molecular weight is 301 g/mol. The minimum Gasteiger partial charge on any atom is -0.244 e. The standard InChI is InChI=1S/C12H14Cl2N4O/c1-3-8(2)7-17-12(19)18(16-15-17)11-9(13)5-4-6-10(11)14/h4-6,8H,3,7H2,1-2H3. The Hall–Kier alpha value is -1.33. The summed E-state index contributed by atoms with van der Waals surface area (Å²) in [5, 5.41) is 8.44. The fraction of sp³-hybridized carbons (Fsp3) is 0.417. The molecular formula is C12H14Cl2N4O. The summed E-state index contributed by atoms with van der Waals surface area (Å²) in [5.74, 6) is 0.351. The zero-order valence-corrected chi connectivity index (χ0v) is 12.2. The second-order valence-corrected chi connectivity index (χ2v) is 5.25. The first-order valence-electron chi connectivity index (χ1n) is 6.01. The number of hydrogen-bond acceptors (Lipinski definition) is 3. The lowest BCUT2D eigenvalue weighted by Gasteiger charge is -2.06. The summed E-state index contributed by atoms with van der Waals surface area (Å²) in [7, 11) is 0. The van der Waals surface area contributed by atoms with Crippen LogP contribution in [0, 0.1) is 5.92 Å². The number of rotatable bonds is 4. The number of aromatic nitrogens is 4. The monoisotopic (exact) mass is 300 g/mol. The molecule has 1 aromatic carbocycles. The van der Waals surface area contributed by atoms with Crippen LogP contribution in [0.25, 0.3) is 5.69 Å². The van der Waals surface area contributed by atoms with Crippen molar-refractivity contribution in [2.45, 2.75) is 26.8 Å². The zero-order valence-electron chi connectivity index (χ0n) is 10.7. The Morgan fingerprint density at radius 2 is 1.89 bits per heavy atom. The van der Waals surface area contributed by atoms with Crippen LogP contribution in [0.3, 0.4) is 0 Å². The van der Waals surface area contributed by atoms with Crippen molar-refractivity contribution in [3.05, 3.63) is 38.7 Å². The van der Waals surface area contributed by atoms with Crippen molar-refractivity contribution in [1.82, 2.24) is 19.8 Å². The molecule has 0 aliphatic heterocycles. The maximum atomic E-state index is 12.2. The lowest BCUT2D eigenvalue weighted by molar-refractivity contribution is 0.423. The van der Waals surface area contributed by atoms with Crippen molar-refractivity contribution in [2.24, 2.45) is 5.92 Å². The highest BCUT2D eigenvalue weighted by Crippen LogP contribution is 2.26. The van der Waals surface area contributed by atoms with Crippen LogP contribution in [-0.2, 0) is 6.54 Å². The molecule has 0 fully saturated rings. The van der Waals surface area contributed by atoms with Gasteiger partial charge in [-0.25, -0.2) is 4.79 Å². The van der Waals surface area contributed by atoms with Gasteiger partial charge in [-0.2, -0.15) is 9.36 Å². The van der Waals surface area contributed by atoms with Gasteiger partial charge in [0.25, 0.3) is 0 Å². The van der Waals surface area contributed by atoms with Gasteiger partial charge >= 0.3 is 5.69 Å². The molecule has 0 amide bonds. The molecule has 0 saturated carbocycles. The first-order chi connectivity index (χ1) is 9.04. The van der Waals surface area contributed by atoms with Gasteiger partial charge in [-0.05, 0) is 28.5 Å². The maximum absolute atomic E-state index is 12.2. The van der Waals surface area contributed by atoms with Crippen molar-refractivity contribution in [3.8, 4) is 5.69 Å². The van der Waals surface area contributed by atoms with Crippen molar-refractivity contribution in [2.75, 3.05) is 0 Å². The molecular weight excluding hydrogens is 287 g/mol. The fourth-order valence-electron chi connectivity index (χ4n) is 1.64. The van der Waals surface area contributed by atoms with Gasteiger partial charge in [-0.1, -0.05) is 49.5 Å². The summed E-state index contributed by atoms with van der Waals surface area (Å²) in [4.78, 5) is 12.2. The smallest absolute Gasteiger partial charge is 0.244 e. The van der Waals surface area contributed by atoms with Crippen molar-refractivity contribution in [1.29, 1.82) is 0 Å². The van der Waals surface area contributed by atoms with Gasteiger partial charge in [0.2, 0.25) is 0 Å². The number of nitrogens with zero attached hydrogens (tertiary/aromatic N) is 4. The highest BCUT2D eigenvalue weighted by Gasteiger charge is 2.15. The fourth-order valence-corrected chi connectivity index (χ4v) is 2.20. The van der Waals surface area contributed by atoms with E-state index in [1.165, 1.54) is 4.68 Å². The molecule has 1 aromatic heterocycles. The summed E-state index contributed by atoms with van der Waals surface area (Å²) < 4.78 is 2.46. The van der Waals surface area contributed by atoms with E-state index in [2.05, 4.69) is 17.4 Å². The third kappa shape index (κ3) is 2.82. The Bertz CT molecular complexity index is 615. The van der Waals surface area contributed by atoms with E-state index in [1.54, 1.807) is 18.2 Å². The van der Waals surface area contributed by atoms with Crippen molar-refractivity contribution < 1.29 is 0 Å².